The lowest BCUT2D eigenvalue weighted by Crippen LogP contribution is -2.32. The van der Waals surface area contributed by atoms with Gasteiger partial charge in [-0.1, -0.05) is 28.1 Å². The van der Waals surface area contributed by atoms with E-state index < -0.39 is 0 Å². The Kier molecular flexibility index (Phi) is 4.18. The number of hydrogen-bond acceptors (Lipinski definition) is 2. The first-order valence-electron chi connectivity index (χ1n) is 5.53. The van der Waals surface area contributed by atoms with Gasteiger partial charge in [0.05, 0.1) is 0 Å². The summed E-state index contributed by atoms with van der Waals surface area (Å²) in [7, 11) is 0. The Morgan fingerprint density at radius 1 is 1.33 bits per heavy atom. The molecule has 1 heterocycles. The standard InChI is InChI=1S/C12H17BrN2/c13-11-3-1-10(2-4-11)5-8-15-12-6-7-14-9-12/h1-4,12,14-15H,5-9H2. The maximum absolute atomic E-state index is 3.57. The van der Waals surface area contributed by atoms with E-state index in [0.29, 0.717) is 6.04 Å². The van der Waals surface area contributed by atoms with E-state index >= 15 is 0 Å². The second-order valence-electron chi connectivity index (χ2n) is 4.02. The molecule has 15 heavy (non-hydrogen) atoms. The quantitative estimate of drug-likeness (QED) is 0.873. The minimum atomic E-state index is 0.681. The van der Waals surface area contributed by atoms with Crippen LogP contribution in [0.4, 0.5) is 0 Å². The predicted octanol–water partition coefficient (Wildman–Crippen LogP) is 1.94. The molecule has 2 rings (SSSR count). The van der Waals surface area contributed by atoms with Gasteiger partial charge in [-0.25, -0.2) is 0 Å². The highest BCUT2D eigenvalue weighted by Gasteiger charge is 2.12. The second kappa shape index (κ2) is 5.64. The summed E-state index contributed by atoms with van der Waals surface area (Å²) in [6, 6.07) is 9.25. The van der Waals surface area contributed by atoms with Gasteiger partial charge in [0.2, 0.25) is 0 Å². The van der Waals surface area contributed by atoms with Crippen LogP contribution in [-0.4, -0.2) is 25.7 Å². The van der Waals surface area contributed by atoms with Crippen LogP contribution in [-0.2, 0) is 6.42 Å². The van der Waals surface area contributed by atoms with Crippen LogP contribution in [0, 0.1) is 0 Å². The molecule has 82 valence electrons. The van der Waals surface area contributed by atoms with Crippen molar-refractivity contribution in [2.45, 2.75) is 18.9 Å². The van der Waals surface area contributed by atoms with E-state index in [0.717, 1.165) is 30.5 Å². The normalized spacial score (nSPS) is 20.7. The summed E-state index contributed by atoms with van der Waals surface area (Å²) < 4.78 is 1.15. The molecule has 0 amide bonds. The van der Waals surface area contributed by atoms with Gasteiger partial charge < -0.3 is 10.6 Å². The van der Waals surface area contributed by atoms with Gasteiger partial charge >= 0.3 is 0 Å². The maximum Gasteiger partial charge on any atom is 0.0204 e. The molecule has 1 aromatic carbocycles. The number of hydrogen-bond donors (Lipinski definition) is 2. The van der Waals surface area contributed by atoms with Crippen LogP contribution in [0.5, 0.6) is 0 Å². The van der Waals surface area contributed by atoms with Crippen molar-refractivity contribution in [1.82, 2.24) is 10.6 Å². The lowest BCUT2D eigenvalue weighted by atomic mass is 10.1. The highest BCUT2D eigenvalue weighted by molar-refractivity contribution is 9.10. The van der Waals surface area contributed by atoms with Crippen molar-refractivity contribution in [3.63, 3.8) is 0 Å². The topological polar surface area (TPSA) is 24.1 Å². The van der Waals surface area contributed by atoms with Crippen molar-refractivity contribution in [2.24, 2.45) is 0 Å². The van der Waals surface area contributed by atoms with Gasteiger partial charge in [-0.3, -0.25) is 0 Å². The van der Waals surface area contributed by atoms with E-state index in [1.54, 1.807) is 0 Å². The second-order valence-corrected chi connectivity index (χ2v) is 4.94. The molecule has 0 aliphatic carbocycles. The van der Waals surface area contributed by atoms with Crippen molar-refractivity contribution < 1.29 is 0 Å². The molecule has 1 atom stereocenters. The fourth-order valence-electron chi connectivity index (χ4n) is 1.90. The van der Waals surface area contributed by atoms with E-state index in [-0.39, 0.29) is 0 Å². The summed E-state index contributed by atoms with van der Waals surface area (Å²) in [5, 5.41) is 6.93. The lowest BCUT2D eigenvalue weighted by molar-refractivity contribution is 0.550. The van der Waals surface area contributed by atoms with Gasteiger partial charge in [0.15, 0.2) is 0 Å². The molecule has 0 spiro atoms. The first-order valence-corrected chi connectivity index (χ1v) is 6.32. The van der Waals surface area contributed by atoms with Gasteiger partial charge in [-0.05, 0) is 43.6 Å². The highest BCUT2D eigenvalue weighted by Crippen LogP contribution is 2.10. The molecule has 0 bridgehead atoms. The molecule has 0 saturated carbocycles. The van der Waals surface area contributed by atoms with E-state index in [9.17, 15) is 0 Å². The van der Waals surface area contributed by atoms with Crippen molar-refractivity contribution in [3.05, 3.63) is 34.3 Å². The van der Waals surface area contributed by atoms with E-state index in [2.05, 4.69) is 50.8 Å². The van der Waals surface area contributed by atoms with Crippen LogP contribution in [0.25, 0.3) is 0 Å². The number of nitrogens with one attached hydrogen (secondary N) is 2. The van der Waals surface area contributed by atoms with Crippen molar-refractivity contribution in [2.75, 3.05) is 19.6 Å². The Morgan fingerprint density at radius 2 is 2.13 bits per heavy atom. The monoisotopic (exact) mass is 268 g/mol. The largest absolute Gasteiger partial charge is 0.315 e. The summed E-state index contributed by atoms with van der Waals surface area (Å²) in [6.45, 7) is 3.37. The first-order chi connectivity index (χ1) is 7.34. The van der Waals surface area contributed by atoms with Crippen LogP contribution >= 0.6 is 15.9 Å². The zero-order valence-electron chi connectivity index (χ0n) is 8.80. The fourth-order valence-corrected chi connectivity index (χ4v) is 2.16. The Hall–Kier alpha value is -0.380. The molecule has 1 unspecified atom stereocenters. The molecule has 1 aliphatic rings. The Labute approximate surface area is 99.6 Å². The minimum Gasteiger partial charge on any atom is -0.315 e. The molecule has 1 saturated heterocycles. The Balaban J connectivity index is 1.71. The molecule has 2 N–H and O–H groups in total. The molecule has 1 aliphatic heterocycles. The number of rotatable bonds is 4. The Bertz CT molecular complexity index is 291. The van der Waals surface area contributed by atoms with Gasteiger partial charge in [-0.15, -0.1) is 0 Å². The smallest absolute Gasteiger partial charge is 0.0204 e. The highest BCUT2D eigenvalue weighted by atomic mass is 79.9. The molecule has 0 radical (unpaired) electrons. The van der Waals surface area contributed by atoms with Gasteiger partial charge in [0, 0.05) is 17.1 Å². The van der Waals surface area contributed by atoms with Crippen LogP contribution in [0.2, 0.25) is 0 Å². The molecule has 3 heteroatoms. The van der Waals surface area contributed by atoms with Crippen molar-refractivity contribution >= 4 is 15.9 Å². The third-order valence-electron chi connectivity index (χ3n) is 2.82. The maximum atomic E-state index is 3.57. The summed E-state index contributed by atoms with van der Waals surface area (Å²) in [5.74, 6) is 0. The molecule has 1 fully saturated rings. The van der Waals surface area contributed by atoms with Crippen LogP contribution in [0.3, 0.4) is 0 Å². The van der Waals surface area contributed by atoms with E-state index in [4.69, 9.17) is 0 Å². The van der Waals surface area contributed by atoms with Crippen molar-refractivity contribution in [3.8, 4) is 0 Å². The third kappa shape index (κ3) is 3.59. The summed E-state index contributed by atoms with van der Waals surface area (Å²) >= 11 is 3.44. The molecular formula is C12H17BrN2. The van der Waals surface area contributed by atoms with E-state index in [1.165, 1.54) is 12.0 Å². The average molecular weight is 269 g/mol. The summed E-state index contributed by atoms with van der Waals surface area (Å²) in [5.41, 5.74) is 1.40. The van der Waals surface area contributed by atoms with Gasteiger partial charge in [0.25, 0.3) is 0 Å². The number of halogens is 1. The molecule has 0 aromatic heterocycles. The SMILES string of the molecule is Brc1ccc(CCNC2CCNC2)cc1. The minimum absolute atomic E-state index is 0.681. The van der Waals surface area contributed by atoms with Crippen molar-refractivity contribution in [1.29, 1.82) is 0 Å². The fraction of sp³-hybridized carbons (Fsp3) is 0.500. The molecular weight excluding hydrogens is 252 g/mol. The number of benzene rings is 1. The van der Waals surface area contributed by atoms with Crippen LogP contribution in [0.1, 0.15) is 12.0 Å². The van der Waals surface area contributed by atoms with Gasteiger partial charge in [-0.2, -0.15) is 0 Å². The predicted molar refractivity (Wildman–Crippen MR) is 67.1 cm³/mol. The van der Waals surface area contributed by atoms with Gasteiger partial charge in [0.1, 0.15) is 0 Å². The zero-order chi connectivity index (χ0) is 10.5. The van der Waals surface area contributed by atoms with E-state index in [1.807, 2.05) is 0 Å². The van der Waals surface area contributed by atoms with Crippen LogP contribution < -0.4 is 10.6 Å². The summed E-state index contributed by atoms with van der Waals surface area (Å²) in [4.78, 5) is 0. The van der Waals surface area contributed by atoms with Crippen LogP contribution in [0.15, 0.2) is 28.7 Å². The zero-order valence-corrected chi connectivity index (χ0v) is 10.4. The lowest BCUT2D eigenvalue weighted by Gasteiger charge is -2.10. The molecule has 1 aromatic rings. The summed E-state index contributed by atoms with van der Waals surface area (Å²) in [6.07, 6.45) is 2.38. The third-order valence-corrected chi connectivity index (χ3v) is 3.35. The average Bonchev–Trinajstić information content (AvgIpc) is 2.74. The molecule has 2 nitrogen and oxygen atoms in total. The first kappa shape index (κ1) is 11.1. The Morgan fingerprint density at radius 3 is 2.80 bits per heavy atom.